The second-order valence-corrected chi connectivity index (χ2v) is 5.98. The maximum atomic E-state index is 13.9. The standard InChI is InChI=1S/C15H9Cl3FN3O3/c1-7(4-13(23)8-2-3-14(17)21-15(8)18)20-11-6-12(22(24)25)9(16)5-10(11)19/h2-6,20H,1H3/b7-4-. The van der Waals surface area contributed by atoms with Crippen LogP contribution in [-0.2, 0) is 0 Å². The molecule has 1 aromatic heterocycles. The molecule has 1 heterocycles. The minimum Gasteiger partial charge on any atom is -0.356 e. The molecule has 0 fully saturated rings. The molecule has 0 bridgehead atoms. The fraction of sp³-hybridized carbons (Fsp3) is 0.0667. The quantitative estimate of drug-likeness (QED) is 0.241. The number of rotatable bonds is 5. The summed E-state index contributed by atoms with van der Waals surface area (Å²) < 4.78 is 13.9. The molecular weight excluding hydrogens is 396 g/mol. The van der Waals surface area contributed by atoms with Gasteiger partial charge in [-0.25, -0.2) is 9.37 Å². The van der Waals surface area contributed by atoms with Crippen molar-refractivity contribution in [2.45, 2.75) is 6.92 Å². The van der Waals surface area contributed by atoms with E-state index in [0.717, 1.165) is 18.2 Å². The molecule has 0 spiro atoms. The molecule has 2 aromatic rings. The van der Waals surface area contributed by atoms with Crippen LogP contribution in [0.1, 0.15) is 17.3 Å². The Bertz CT molecular complexity index is 903. The highest BCUT2D eigenvalue weighted by Gasteiger charge is 2.17. The molecule has 0 atom stereocenters. The SMILES string of the molecule is C/C(=C/C(=O)c1ccc(Cl)nc1Cl)Nc1cc([N+](=O)[O-])c(Cl)cc1F. The Morgan fingerprint density at radius 2 is 2.00 bits per heavy atom. The fourth-order valence-electron chi connectivity index (χ4n) is 1.89. The van der Waals surface area contributed by atoms with Crippen LogP contribution in [0.15, 0.2) is 36.0 Å². The van der Waals surface area contributed by atoms with E-state index in [1.165, 1.54) is 19.1 Å². The molecule has 0 aliphatic carbocycles. The van der Waals surface area contributed by atoms with Crippen LogP contribution in [0.3, 0.4) is 0 Å². The van der Waals surface area contributed by atoms with Gasteiger partial charge >= 0.3 is 0 Å². The van der Waals surface area contributed by atoms with Crippen LogP contribution in [0, 0.1) is 15.9 Å². The van der Waals surface area contributed by atoms with Gasteiger partial charge in [0.25, 0.3) is 5.69 Å². The highest BCUT2D eigenvalue weighted by molar-refractivity contribution is 6.35. The lowest BCUT2D eigenvalue weighted by molar-refractivity contribution is -0.384. The first-order valence-corrected chi connectivity index (χ1v) is 7.77. The van der Waals surface area contributed by atoms with Gasteiger partial charge in [0.1, 0.15) is 21.1 Å². The molecule has 10 heteroatoms. The molecule has 0 unspecified atom stereocenters. The molecule has 0 aliphatic heterocycles. The topological polar surface area (TPSA) is 85.1 Å². The van der Waals surface area contributed by atoms with Crippen molar-refractivity contribution in [2.24, 2.45) is 0 Å². The van der Waals surface area contributed by atoms with Crippen LogP contribution in [0.2, 0.25) is 15.3 Å². The second kappa shape index (κ2) is 7.77. The highest BCUT2D eigenvalue weighted by atomic mass is 35.5. The van der Waals surface area contributed by atoms with Crippen molar-refractivity contribution in [3.63, 3.8) is 0 Å². The molecule has 25 heavy (non-hydrogen) atoms. The summed E-state index contributed by atoms with van der Waals surface area (Å²) in [5.74, 6) is -1.30. The third-order valence-electron chi connectivity index (χ3n) is 2.99. The minimum atomic E-state index is -0.804. The lowest BCUT2D eigenvalue weighted by Crippen LogP contribution is -2.04. The number of aromatic nitrogens is 1. The van der Waals surface area contributed by atoms with Crippen LogP contribution < -0.4 is 5.32 Å². The maximum Gasteiger partial charge on any atom is 0.290 e. The number of halogens is 4. The number of carbonyl (C=O) groups excluding carboxylic acids is 1. The Morgan fingerprint density at radius 3 is 2.60 bits per heavy atom. The zero-order valence-electron chi connectivity index (χ0n) is 12.5. The van der Waals surface area contributed by atoms with Crippen molar-refractivity contribution in [2.75, 3.05) is 5.32 Å². The van der Waals surface area contributed by atoms with E-state index in [9.17, 15) is 19.3 Å². The summed E-state index contributed by atoms with van der Waals surface area (Å²) in [6.45, 7) is 1.48. The maximum absolute atomic E-state index is 13.9. The molecule has 0 amide bonds. The number of benzene rings is 1. The fourth-order valence-corrected chi connectivity index (χ4v) is 2.55. The first-order valence-electron chi connectivity index (χ1n) is 6.64. The Morgan fingerprint density at radius 1 is 1.32 bits per heavy atom. The van der Waals surface area contributed by atoms with E-state index in [0.29, 0.717) is 0 Å². The van der Waals surface area contributed by atoms with Gasteiger partial charge in [-0.3, -0.25) is 14.9 Å². The Labute approximate surface area is 156 Å². The molecule has 0 saturated heterocycles. The summed E-state index contributed by atoms with van der Waals surface area (Å²) >= 11 is 17.1. The lowest BCUT2D eigenvalue weighted by atomic mass is 10.1. The largest absolute Gasteiger partial charge is 0.356 e. The van der Waals surface area contributed by atoms with E-state index >= 15 is 0 Å². The molecule has 1 aromatic carbocycles. The van der Waals surface area contributed by atoms with Gasteiger partial charge in [-0.2, -0.15) is 0 Å². The molecule has 0 saturated carbocycles. The molecule has 130 valence electrons. The molecule has 2 rings (SSSR count). The molecular formula is C15H9Cl3FN3O3. The zero-order chi connectivity index (χ0) is 18.7. The van der Waals surface area contributed by atoms with Crippen molar-refractivity contribution in [3.05, 3.63) is 72.9 Å². The van der Waals surface area contributed by atoms with Crippen LogP contribution in [-0.4, -0.2) is 15.7 Å². The van der Waals surface area contributed by atoms with Crippen molar-refractivity contribution in [1.29, 1.82) is 0 Å². The number of nitrogens with zero attached hydrogens (tertiary/aromatic N) is 2. The lowest BCUT2D eigenvalue weighted by Gasteiger charge is -2.09. The zero-order valence-corrected chi connectivity index (χ0v) is 14.8. The van der Waals surface area contributed by atoms with E-state index in [1.807, 2.05) is 0 Å². The van der Waals surface area contributed by atoms with Gasteiger partial charge in [0, 0.05) is 23.9 Å². The van der Waals surface area contributed by atoms with E-state index in [2.05, 4.69) is 10.3 Å². The number of hydrogen-bond acceptors (Lipinski definition) is 5. The minimum absolute atomic E-state index is 0.0742. The molecule has 6 nitrogen and oxygen atoms in total. The predicted molar refractivity (Wildman–Crippen MR) is 94.0 cm³/mol. The number of pyridine rings is 1. The van der Waals surface area contributed by atoms with Crippen LogP contribution in [0.25, 0.3) is 0 Å². The van der Waals surface area contributed by atoms with E-state index < -0.39 is 22.2 Å². The number of ketones is 1. The predicted octanol–water partition coefficient (Wildman–Crippen LogP) is 5.29. The average molecular weight is 405 g/mol. The van der Waals surface area contributed by atoms with Crippen LogP contribution in [0.5, 0.6) is 0 Å². The number of hydrogen-bond donors (Lipinski definition) is 1. The molecule has 0 radical (unpaired) electrons. The number of anilines is 1. The van der Waals surface area contributed by atoms with Gasteiger partial charge < -0.3 is 5.32 Å². The second-order valence-electron chi connectivity index (χ2n) is 4.83. The number of nitro benzene ring substituents is 1. The summed E-state index contributed by atoms with van der Waals surface area (Å²) in [5, 5.41) is 13.2. The molecule has 0 aliphatic rings. The van der Waals surface area contributed by atoms with Crippen molar-refractivity contribution in [1.82, 2.24) is 4.98 Å². The van der Waals surface area contributed by atoms with Crippen molar-refractivity contribution in [3.8, 4) is 0 Å². The van der Waals surface area contributed by atoms with Gasteiger partial charge in [-0.05, 0) is 19.1 Å². The third-order valence-corrected chi connectivity index (χ3v) is 3.79. The summed E-state index contributed by atoms with van der Waals surface area (Å²) in [6.07, 6.45) is 1.15. The Kier molecular flexibility index (Phi) is 5.94. The summed E-state index contributed by atoms with van der Waals surface area (Å²) in [7, 11) is 0. The average Bonchev–Trinajstić information content (AvgIpc) is 2.49. The van der Waals surface area contributed by atoms with Crippen LogP contribution in [0.4, 0.5) is 15.8 Å². The summed E-state index contributed by atoms with van der Waals surface area (Å²) in [4.78, 5) is 26.1. The Balaban J connectivity index is 2.28. The summed E-state index contributed by atoms with van der Waals surface area (Å²) in [6, 6.07) is 4.56. The van der Waals surface area contributed by atoms with Crippen LogP contribution >= 0.6 is 34.8 Å². The van der Waals surface area contributed by atoms with Gasteiger partial charge in [0.15, 0.2) is 5.78 Å². The Hall–Kier alpha value is -2.22. The number of carbonyl (C=O) groups is 1. The first kappa shape index (κ1) is 19.1. The van der Waals surface area contributed by atoms with Gasteiger partial charge in [0.2, 0.25) is 0 Å². The number of nitrogens with one attached hydrogen (secondary N) is 1. The van der Waals surface area contributed by atoms with E-state index in [1.54, 1.807) is 0 Å². The van der Waals surface area contributed by atoms with Gasteiger partial charge in [-0.15, -0.1) is 0 Å². The van der Waals surface area contributed by atoms with Crippen molar-refractivity contribution >= 4 is 52.0 Å². The third kappa shape index (κ3) is 4.66. The normalized spacial score (nSPS) is 11.3. The highest BCUT2D eigenvalue weighted by Crippen LogP contribution is 2.30. The van der Waals surface area contributed by atoms with E-state index in [-0.39, 0.29) is 32.3 Å². The number of nitro groups is 1. The van der Waals surface area contributed by atoms with Gasteiger partial charge in [0.05, 0.1) is 16.2 Å². The smallest absolute Gasteiger partial charge is 0.290 e. The molecule has 1 N–H and O–H groups in total. The first-order chi connectivity index (χ1) is 11.7. The monoisotopic (exact) mass is 403 g/mol. The summed E-state index contributed by atoms with van der Waals surface area (Å²) in [5.41, 5.74) is -0.325. The number of allylic oxidation sites excluding steroid dienone is 2. The van der Waals surface area contributed by atoms with Gasteiger partial charge in [-0.1, -0.05) is 34.8 Å². The van der Waals surface area contributed by atoms with Crippen molar-refractivity contribution < 1.29 is 14.1 Å². The van der Waals surface area contributed by atoms with E-state index in [4.69, 9.17) is 34.8 Å².